The smallest absolute Gasteiger partial charge is 0.314 e. The lowest BCUT2D eigenvalue weighted by molar-refractivity contribution is -0.136. The van der Waals surface area contributed by atoms with E-state index in [1.165, 1.54) is 5.56 Å². The van der Waals surface area contributed by atoms with Crippen LogP contribution in [0.4, 0.5) is 0 Å². The lowest BCUT2D eigenvalue weighted by Gasteiger charge is -2.13. The molecule has 0 spiro atoms. The van der Waals surface area contributed by atoms with Gasteiger partial charge in [0.05, 0.1) is 5.92 Å². The topological polar surface area (TPSA) is 26.3 Å². The van der Waals surface area contributed by atoms with Gasteiger partial charge in [0.15, 0.2) is 0 Å². The third-order valence-electron chi connectivity index (χ3n) is 2.62. The first-order valence-corrected chi connectivity index (χ1v) is 4.17. The molecule has 0 radical (unpaired) electrons. The summed E-state index contributed by atoms with van der Waals surface area (Å²) in [5, 5.41) is 0. The summed E-state index contributed by atoms with van der Waals surface area (Å²) in [7, 11) is 0. The molecule has 1 heterocycles. The van der Waals surface area contributed by atoms with Gasteiger partial charge in [0, 0.05) is 5.92 Å². The third-order valence-corrected chi connectivity index (χ3v) is 2.62. The monoisotopic (exact) mass is 160 g/mol. The highest BCUT2D eigenvalue weighted by atomic mass is 16.5. The Hall–Kier alpha value is -1.31. The van der Waals surface area contributed by atoms with Gasteiger partial charge in [-0.1, -0.05) is 18.2 Å². The van der Waals surface area contributed by atoms with Crippen molar-refractivity contribution in [1.29, 1.82) is 0 Å². The van der Waals surface area contributed by atoms with Crippen molar-refractivity contribution in [3.63, 3.8) is 0 Å². The van der Waals surface area contributed by atoms with Crippen LogP contribution in [0.3, 0.4) is 0 Å². The fraction of sp³-hybridized carbons (Fsp3) is 0.300. The van der Waals surface area contributed by atoms with Crippen LogP contribution in [0.25, 0.3) is 0 Å². The van der Waals surface area contributed by atoms with Gasteiger partial charge in [0.1, 0.15) is 5.75 Å². The van der Waals surface area contributed by atoms with E-state index in [0.29, 0.717) is 5.92 Å². The van der Waals surface area contributed by atoms with Crippen molar-refractivity contribution in [2.45, 2.75) is 12.3 Å². The summed E-state index contributed by atoms with van der Waals surface area (Å²) in [5.74, 6) is 1.35. The molecule has 1 aromatic carbocycles. The van der Waals surface area contributed by atoms with Gasteiger partial charge >= 0.3 is 5.97 Å². The summed E-state index contributed by atoms with van der Waals surface area (Å²) in [6, 6.07) is 7.80. The first-order chi connectivity index (χ1) is 5.86. The van der Waals surface area contributed by atoms with Crippen LogP contribution in [0, 0.1) is 5.92 Å². The van der Waals surface area contributed by atoms with Crippen LogP contribution in [0.2, 0.25) is 0 Å². The van der Waals surface area contributed by atoms with Crippen LogP contribution in [0.1, 0.15) is 17.9 Å². The minimum absolute atomic E-state index is 0.0429. The van der Waals surface area contributed by atoms with Gasteiger partial charge in [-0.25, -0.2) is 0 Å². The van der Waals surface area contributed by atoms with Gasteiger partial charge < -0.3 is 4.74 Å². The zero-order valence-corrected chi connectivity index (χ0v) is 6.49. The van der Waals surface area contributed by atoms with E-state index in [9.17, 15) is 4.79 Å². The number of ether oxygens (including phenoxy) is 1. The van der Waals surface area contributed by atoms with Crippen molar-refractivity contribution in [3.05, 3.63) is 29.8 Å². The molecule has 12 heavy (non-hydrogen) atoms. The number of carbonyl (C=O) groups is 1. The van der Waals surface area contributed by atoms with E-state index >= 15 is 0 Å². The average Bonchev–Trinajstić information content (AvgIpc) is 2.84. The van der Waals surface area contributed by atoms with Crippen LogP contribution in [0.5, 0.6) is 5.75 Å². The Morgan fingerprint density at radius 3 is 3.00 bits per heavy atom. The molecule has 1 aromatic rings. The Balaban J connectivity index is 2.16. The van der Waals surface area contributed by atoms with E-state index in [4.69, 9.17) is 4.74 Å². The second kappa shape index (κ2) is 1.89. The largest absolute Gasteiger partial charge is 0.426 e. The summed E-state index contributed by atoms with van der Waals surface area (Å²) >= 11 is 0. The number of rotatable bonds is 0. The normalized spacial score (nSPS) is 30.2. The second-order valence-corrected chi connectivity index (χ2v) is 3.41. The number of esters is 1. The van der Waals surface area contributed by atoms with Crippen molar-refractivity contribution in [3.8, 4) is 5.75 Å². The molecule has 2 nitrogen and oxygen atoms in total. The minimum atomic E-state index is -0.0429. The van der Waals surface area contributed by atoms with E-state index in [0.717, 1.165) is 12.2 Å². The Morgan fingerprint density at radius 1 is 1.25 bits per heavy atom. The number of hydrogen-bond acceptors (Lipinski definition) is 2. The zero-order chi connectivity index (χ0) is 8.13. The molecular formula is C10H8O2. The van der Waals surface area contributed by atoms with Gasteiger partial charge in [-0.2, -0.15) is 0 Å². The summed E-state index contributed by atoms with van der Waals surface area (Å²) in [4.78, 5) is 11.2. The average molecular weight is 160 g/mol. The van der Waals surface area contributed by atoms with Gasteiger partial charge in [-0.05, 0) is 18.1 Å². The Bertz CT molecular complexity index is 357. The number of carbonyl (C=O) groups excluding carboxylic acids is 1. The second-order valence-electron chi connectivity index (χ2n) is 3.41. The first kappa shape index (κ1) is 6.23. The molecule has 3 rings (SSSR count). The summed E-state index contributed by atoms with van der Waals surface area (Å²) in [5.41, 5.74) is 1.21. The molecule has 0 aromatic heterocycles. The molecule has 0 amide bonds. The van der Waals surface area contributed by atoms with Crippen molar-refractivity contribution in [2.75, 3.05) is 0 Å². The van der Waals surface area contributed by atoms with Crippen molar-refractivity contribution < 1.29 is 9.53 Å². The summed E-state index contributed by atoms with van der Waals surface area (Å²) in [6.45, 7) is 0. The molecule has 0 N–H and O–H groups in total. The molecule has 1 fully saturated rings. The predicted octanol–water partition coefficient (Wildman–Crippen LogP) is 1.71. The Labute approximate surface area is 70.2 Å². The quantitative estimate of drug-likeness (QED) is 0.426. The molecule has 0 saturated heterocycles. The minimum Gasteiger partial charge on any atom is -0.426 e. The maximum atomic E-state index is 11.2. The zero-order valence-electron chi connectivity index (χ0n) is 6.49. The molecule has 0 bridgehead atoms. The molecule has 60 valence electrons. The lowest BCUT2D eigenvalue weighted by atomic mass is 10.1. The third kappa shape index (κ3) is 0.670. The fourth-order valence-corrected chi connectivity index (χ4v) is 1.86. The SMILES string of the molecule is O=C1Oc2ccccc2[C@H]2C[C@@H]12. The molecule has 1 aliphatic carbocycles. The van der Waals surface area contributed by atoms with Crippen LogP contribution in [-0.4, -0.2) is 5.97 Å². The fourth-order valence-electron chi connectivity index (χ4n) is 1.86. The lowest BCUT2D eigenvalue weighted by Crippen LogP contribution is -2.16. The number of hydrogen-bond donors (Lipinski definition) is 0. The highest BCUT2D eigenvalue weighted by Crippen LogP contribution is 2.54. The van der Waals surface area contributed by atoms with E-state index in [1.807, 2.05) is 24.3 Å². The molecule has 2 aliphatic rings. The molecule has 2 heteroatoms. The molecule has 0 unspecified atom stereocenters. The maximum absolute atomic E-state index is 11.2. The van der Waals surface area contributed by atoms with Crippen molar-refractivity contribution >= 4 is 5.97 Å². The maximum Gasteiger partial charge on any atom is 0.314 e. The van der Waals surface area contributed by atoms with E-state index in [2.05, 4.69) is 0 Å². The standard InChI is InChI=1S/C10H8O2/c11-10-8-5-7(8)6-3-1-2-4-9(6)12-10/h1-4,7-8H,5H2/t7-,8-/m1/s1. The van der Waals surface area contributed by atoms with E-state index < -0.39 is 0 Å². The summed E-state index contributed by atoms with van der Waals surface area (Å²) in [6.07, 6.45) is 0.982. The van der Waals surface area contributed by atoms with E-state index in [-0.39, 0.29) is 11.9 Å². The van der Waals surface area contributed by atoms with Crippen molar-refractivity contribution in [2.24, 2.45) is 5.92 Å². The number of benzene rings is 1. The Morgan fingerprint density at radius 2 is 2.08 bits per heavy atom. The molecule has 2 atom stereocenters. The number of fused-ring (bicyclic) bond motifs is 3. The summed E-state index contributed by atoms with van der Waals surface area (Å²) < 4.78 is 5.15. The van der Waals surface area contributed by atoms with Gasteiger partial charge in [-0.15, -0.1) is 0 Å². The van der Waals surface area contributed by atoms with Crippen LogP contribution in [0.15, 0.2) is 24.3 Å². The first-order valence-electron chi connectivity index (χ1n) is 4.17. The molecule has 1 aliphatic heterocycles. The Kier molecular flexibility index (Phi) is 0.980. The van der Waals surface area contributed by atoms with Gasteiger partial charge in [0.25, 0.3) is 0 Å². The highest BCUT2D eigenvalue weighted by Gasteiger charge is 2.49. The van der Waals surface area contributed by atoms with Crippen LogP contribution < -0.4 is 4.74 Å². The predicted molar refractivity (Wildman–Crippen MR) is 42.9 cm³/mol. The van der Waals surface area contributed by atoms with Crippen LogP contribution in [-0.2, 0) is 4.79 Å². The van der Waals surface area contributed by atoms with Gasteiger partial charge in [-0.3, -0.25) is 4.79 Å². The number of para-hydroxylation sites is 1. The van der Waals surface area contributed by atoms with Crippen molar-refractivity contribution in [1.82, 2.24) is 0 Å². The molecule has 1 saturated carbocycles. The van der Waals surface area contributed by atoms with Crippen LogP contribution >= 0.6 is 0 Å². The van der Waals surface area contributed by atoms with E-state index in [1.54, 1.807) is 0 Å². The van der Waals surface area contributed by atoms with Gasteiger partial charge in [0.2, 0.25) is 0 Å². The highest BCUT2D eigenvalue weighted by molar-refractivity contribution is 5.82. The molecular weight excluding hydrogens is 152 g/mol.